The van der Waals surface area contributed by atoms with Gasteiger partial charge in [-0.25, -0.2) is 0 Å². The van der Waals surface area contributed by atoms with Gasteiger partial charge in [0.05, 0.1) is 4.83 Å². The molecule has 0 saturated carbocycles. The maximum atomic E-state index is 11.7. The topological polar surface area (TPSA) is 17.1 Å². The van der Waals surface area contributed by atoms with E-state index in [9.17, 15) is 4.79 Å². The molecule has 15 heavy (non-hydrogen) atoms. The molecule has 1 aromatic carbocycles. The largest absolute Gasteiger partial charge is 0.286 e. The fraction of sp³-hybridized carbons (Fsp3) is 0.417. The summed E-state index contributed by atoms with van der Waals surface area (Å²) in [7, 11) is 0. The molecule has 0 heterocycles. The quantitative estimate of drug-likeness (QED) is 0.594. The lowest BCUT2D eigenvalue weighted by atomic mass is 10.2. The lowest BCUT2D eigenvalue weighted by Crippen LogP contribution is -2.09. The molecule has 0 bridgehead atoms. The van der Waals surface area contributed by atoms with Crippen molar-refractivity contribution in [1.82, 2.24) is 0 Å². The molecule has 0 radical (unpaired) electrons. The third-order valence-electron chi connectivity index (χ3n) is 2.03. The summed E-state index contributed by atoms with van der Waals surface area (Å²) in [6.07, 6.45) is 3.15. The number of unbranched alkanes of at least 4 members (excludes halogenated alkanes) is 1. The lowest BCUT2D eigenvalue weighted by molar-refractivity contribution is -0.110. The molecule has 0 aliphatic heterocycles. The van der Waals surface area contributed by atoms with Crippen LogP contribution in [0.2, 0.25) is 0 Å². The number of halogens is 1. The monoisotopic (exact) mass is 286 g/mol. The molecule has 0 N–H and O–H groups in total. The molecule has 3 heteroatoms. The Morgan fingerprint density at radius 1 is 1.40 bits per heavy atom. The van der Waals surface area contributed by atoms with Crippen molar-refractivity contribution in [3.63, 3.8) is 0 Å². The normalized spacial score (nSPS) is 12.4. The summed E-state index contributed by atoms with van der Waals surface area (Å²) in [6.45, 7) is 2.13. The minimum atomic E-state index is -0.0114. The van der Waals surface area contributed by atoms with E-state index in [1.54, 1.807) is 0 Å². The first-order valence-corrected chi connectivity index (χ1v) is 6.88. The van der Waals surface area contributed by atoms with Gasteiger partial charge in [0.2, 0.25) is 5.12 Å². The first-order chi connectivity index (χ1) is 7.24. The highest BCUT2D eigenvalue weighted by Gasteiger charge is 2.15. The van der Waals surface area contributed by atoms with E-state index >= 15 is 0 Å². The molecule has 1 rings (SSSR count). The zero-order chi connectivity index (χ0) is 11.1. The first-order valence-electron chi connectivity index (χ1n) is 5.15. The fourth-order valence-electron chi connectivity index (χ4n) is 1.17. The van der Waals surface area contributed by atoms with Gasteiger partial charge in [0.1, 0.15) is 0 Å². The molecule has 82 valence electrons. The van der Waals surface area contributed by atoms with Crippen molar-refractivity contribution >= 4 is 32.8 Å². The Balaban J connectivity index is 2.42. The molecule has 1 aromatic rings. The van der Waals surface area contributed by atoms with Gasteiger partial charge in [0.15, 0.2) is 0 Å². The SMILES string of the molecule is CCCCC(Br)C(=O)Sc1ccccc1. The van der Waals surface area contributed by atoms with Gasteiger partial charge in [-0.05, 0) is 18.6 Å². The van der Waals surface area contributed by atoms with Crippen molar-refractivity contribution in [2.75, 3.05) is 0 Å². The maximum Gasteiger partial charge on any atom is 0.207 e. The van der Waals surface area contributed by atoms with E-state index in [4.69, 9.17) is 0 Å². The van der Waals surface area contributed by atoms with Gasteiger partial charge in [-0.1, -0.05) is 65.7 Å². The molecule has 0 fully saturated rings. The number of alkyl halides is 1. The van der Waals surface area contributed by atoms with Crippen LogP contribution in [0.4, 0.5) is 0 Å². The Bertz CT molecular complexity index is 300. The van der Waals surface area contributed by atoms with Crippen molar-refractivity contribution in [2.24, 2.45) is 0 Å². The summed E-state index contributed by atoms with van der Waals surface area (Å²) < 4.78 is 0. The summed E-state index contributed by atoms with van der Waals surface area (Å²) in [5.41, 5.74) is 0. The first kappa shape index (κ1) is 12.8. The average molecular weight is 287 g/mol. The van der Waals surface area contributed by atoms with Crippen LogP contribution in [0.3, 0.4) is 0 Å². The molecule has 0 aliphatic rings. The summed E-state index contributed by atoms with van der Waals surface area (Å²) in [5.74, 6) is 0. The molecule has 0 aliphatic carbocycles. The molecular formula is C12H15BrOS. The molecular weight excluding hydrogens is 272 g/mol. The van der Waals surface area contributed by atoms with Crippen LogP contribution in [0.1, 0.15) is 26.2 Å². The number of carbonyl (C=O) groups is 1. The van der Waals surface area contributed by atoms with E-state index in [-0.39, 0.29) is 9.94 Å². The maximum absolute atomic E-state index is 11.7. The van der Waals surface area contributed by atoms with E-state index in [1.807, 2.05) is 30.3 Å². The van der Waals surface area contributed by atoms with Gasteiger partial charge in [0, 0.05) is 4.90 Å². The smallest absolute Gasteiger partial charge is 0.207 e. The highest BCUT2D eigenvalue weighted by Crippen LogP contribution is 2.24. The van der Waals surface area contributed by atoms with Crippen molar-refractivity contribution in [2.45, 2.75) is 35.9 Å². The van der Waals surface area contributed by atoms with Crippen molar-refractivity contribution in [3.05, 3.63) is 30.3 Å². The summed E-state index contributed by atoms with van der Waals surface area (Å²) in [4.78, 5) is 12.7. The van der Waals surface area contributed by atoms with Crippen LogP contribution >= 0.6 is 27.7 Å². The summed E-state index contributed by atoms with van der Waals surface area (Å²) in [6, 6.07) is 9.78. The number of carbonyl (C=O) groups excluding carboxylic acids is 1. The molecule has 1 nitrogen and oxygen atoms in total. The van der Waals surface area contributed by atoms with E-state index in [1.165, 1.54) is 11.8 Å². The summed E-state index contributed by atoms with van der Waals surface area (Å²) in [5, 5.41) is 0.203. The highest BCUT2D eigenvalue weighted by atomic mass is 79.9. The number of benzene rings is 1. The van der Waals surface area contributed by atoms with Crippen LogP contribution in [-0.2, 0) is 4.79 Å². The van der Waals surface area contributed by atoms with Gasteiger partial charge < -0.3 is 0 Å². The van der Waals surface area contributed by atoms with E-state index in [0.717, 1.165) is 24.2 Å². The molecule has 0 aromatic heterocycles. The van der Waals surface area contributed by atoms with Gasteiger partial charge in [-0.15, -0.1) is 0 Å². The zero-order valence-corrected chi connectivity index (χ0v) is 11.2. The second kappa shape index (κ2) is 7.07. The number of thioether (sulfide) groups is 1. The van der Waals surface area contributed by atoms with Crippen LogP contribution in [0.5, 0.6) is 0 Å². The van der Waals surface area contributed by atoms with Crippen LogP contribution in [0.25, 0.3) is 0 Å². The standard InChI is InChI=1S/C12H15BrOS/c1-2-3-9-11(13)12(14)15-10-7-5-4-6-8-10/h4-8,11H,2-3,9H2,1H3. The third kappa shape index (κ3) is 4.85. The zero-order valence-electron chi connectivity index (χ0n) is 8.78. The van der Waals surface area contributed by atoms with Crippen LogP contribution in [-0.4, -0.2) is 9.94 Å². The van der Waals surface area contributed by atoms with Crippen molar-refractivity contribution in [3.8, 4) is 0 Å². The average Bonchev–Trinajstić information content (AvgIpc) is 2.27. The minimum absolute atomic E-state index is 0.0114. The number of rotatable bonds is 5. The van der Waals surface area contributed by atoms with Gasteiger partial charge in [0.25, 0.3) is 0 Å². The number of hydrogen-bond donors (Lipinski definition) is 0. The number of hydrogen-bond acceptors (Lipinski definition) is 2. The Morgan fingerprint density at radius 3 is 2.67 bits per heavy atom. The van der Waals surface area contributed by atoms with Gasteiger partial charge in [-0.2, -0.15) is 0 Å². The van der Waals surface area contributed by atoms with E-state index < -0.39 is 0 Å². The Labute approximate surface area is 104 Å². The predicted molar refractivity (Wildman–Crippen MR) is 69.5 cm³/mol. The van der Waals surface area contributed by atoms with E-state index in [2.05, 4.69) is 22.9 Å². The molecule has 0 amide bonds. The Morgan fingerprint density at radius 2 is 2.07 bits per heavy atom. The molecule has 1 unspecified atom stereocenters. The Kier molecular flexibility index (Phi) is 6.03. The molecule has 0 saturated heterocycles. The summed E-state index contributed by atoms with van der Waals surface area (Å²) >= 11 is 4.75. The van der Waals surface area contributed by atoms with Gasteiger partial charge in [-0.3, -0.25) is 4.79 Å². The minimum Gasteiger partial charge on any atom is -0.286 e. The lowest BCUT2D eigenvalue weighted by Gasteiger charge is -2.06. The van der Waals surface area contributed by atoms with Crippen molar-refractivity contribution in [1.29, 1.82) is 0 Å². The van der Waals surface area contributed by atoms with Crippen LogP contribution in [0, 0.1) is 0 Å². The fourth-order valence-corrected chi connectivity index (χ4v) is 2.55. The van der Waals surface area contributed by atoms with Crippen LogP contribution in [0.15, 0.2) is 35.2 Å². The highest BCUT2D eigenvalue weighted by molar-refractivity contribution is 9.10. The molecule has 0 spiro atoms. The van der Waals surface area contributed by atoms with E-state index in [0.29, 0.717) is 0 Å². The second-order valence-corrected chi connectivity index (χ2v) is 5.53. The third-order valence-corrected chi connectivity index (χ3v) is 4.20. The van der Waals surface area contributed by atoms with Crippen molar-refractivity contribution < 1.29 is 4.79 Å². The molecule has 1 atom stereocenters. The van der Waals surface area contributed by atoms with Crippen LogP contribution < -0.4 is 0 Å². The predicted octanol–water partition coefficient (Wildman–Crippen LogP) is 4.26. The van der Waals surface area contributed by atoms with Gasteiger partial charge >= 0.3 is 0 Å². The Hall–Kier alpha value is -0.280. The second-order valence-electron chi connectivity index (χ2n) is 3.34.